The minimum Gasteiger partial charge on any atom is -0.478 e. The number of rotatable bonds is 2. The fraction of sp³-hybridized carbons (Fsp3) is 0.700. The van der Waals surface area contributed by atoms with E-state index in [1.165, 1.54) is 19.3 Å². The Kier molecular flexibility index (Phi) is 3.32. The molecule has 1 aliphatic rings. The van der Waals surface area contributed by atoms with E-state index in [4.69, 9.17) is 5.11 Å². The number of allylic oxidation sites excluding steroid dienone is 1. The maximum atomic E-state index is 10.8. The second-order valence-corrected chi connectivity index (χ2v) is 3.38. The van der Waals surface area contributed by atoms with Gasteiger partial charge in [0.05, 0.1) is 0 Å². The normalized spacial score (nSPS) is 20.9. The highest BCUT2D eigenvalue weighted by atomic mass is 16.4. The van der Waals surface area contributed by atoms with Crippen LogP contribution in [0.1, 0.15) is 39.0 Å². The number of carbonyl (C=O) groups is 1. The molecule has 0 aliphatic heterocycles. The van der Waals surface area contributed by atoms with Crippen LogP contribution < -0.4 is 0 Å². The van der Waals surface area contributed by atoms with E-state index >= 15 is 0 Å². The first kappa shape index (κ1) is 9.30. The van der Waals surface area contributed by atoms with Crippen LogP contribution in [-0.2, 0) is 4.79 Å². The van der Waals surface area contributed by atoms with E-state index in [-0.39, 0.29) is 0 Å². The summed E-state index contributed by atoms with van der Waals surface area (Å²) in [6, 6.07) is 0. The first-order chi connectivity index (χ1) is 5.75. The quantitative estimate of drug-likeness (QED) is 0.643. The van der Waals surface area contributed by atoms with E-state index in [0.29, 0.717) is 11.5 Å². The number of carboxylic acid groups (broad SMARTS) is 1. The van der Waals surface area contributed by atoms with Crippen molar-refractivity contribution in [3.8, 4) is 0 Å². The third kappa shape index (κ3) is 2.10. The number of hydrogen-bond donors (Lipinski definition) is 1. The first-order valence-corrected chi connectivity index (χ1v) is 4.65. The Labute approximate surface area is 73.3 Å². The number of carboxylic acids is 1. The van der Waals surface area contributed by atoms with E-state index in [1.807, 2.05) is 6.92 Å². The van der Waals surface area contributed by atoms with Crippen LogP contribution in [0.4, 0.5) is 0 Å². The van der Waals surface area contributed by atoms with E-state index in [1.54, 1.807) is 6.08 Å². The molecule has 0 aromatic heterocycles. The molecule has 1 aliphatic carbocycles. The second kappa shape index (κ2) is 4.29. The lowest BCUT2D eigenvalue weighted by molar-refractivity contribution is -0.133. The van der Waals surface area contributed by atoms with Crippen molar-refractivity contribution in [3.63, 3.8) is 0 Å². The van der Waals surface area contributed by atoms with E-state index in [0.717, 1.165) is 12.8 Å². The minimum absolute atomic E-state index is 0.321. The molecule has 68 valence electrons. The largest absolute Gasteiger partial charge is 0.478 e. The van der Waals surface area contributed by atoms with Crippen molar-refractivity contribution < 1.29 is 9.90 Å². The summed E-state index contributed by atoms with van der Waals surface area (Å²) >= 11 is 0. The standard InChI is InChI=1S/C10H16O2/c1-2-9(10(11)12)8-6-4-3-5-7-8/h2,8H,3-7H2,1H3,(H,11,12)/b9-2-. The summed E-state index contributed by atoms with van der Waals surface area (Å²) < 4.78 is 0. The highest BCUT2D eigenvalue weighted by Gasteiger charge is 2.21. The van der Waals surface area contributed by atoms with Gasteiger partial charge in [0.1, 0.15) is 0 Å². The Hall–Kier alpha value is -0.790. The van der Waals surface area contributed by atoms with Crippen LogP contribution in [0.15, 0.2) is 11.6 Å². The molecule has 1 rings (SSSR count). The van der Waals surface area contributed by atoms with Crippen molar-refractivity contribution in [2.24, 2.45) is 5.92 Å². The molecule has 0 aromatic carbocycles. The average molecular weight is 168 g/mol. The summed E-state index contributed by atoms with van der Waals surface area (Å²) in [6.45, 7) is 1.82. The maximum absolute atomic E-state index is 10.8. The van der Waals surface area contributed by atoms with Gasteiger partial charge < -0.3 is 5.11 Å². The molecule has 0 bridgehead atoms. The van der Waals surface area contributed by atoms with Crippen LogP contribution in [0.5, 0.6) is 0 Å². The Bertz CT molecular complexity index is 188. The summed E-state index contributed by atoms with van der Waals surface area (Å²) in [6.07, 6.45) is 7.52. The molecule has 1 fully saturated rings. The lowest BCUT2D eigenvalue weighted by atomic mass is 9.84. The van der Waals surface area contributed by atoms with Gasteiger partial charge in [0.15, 0.2) is 0 Å². The van der Waals surface area contributed by atoms with Crippen LogP contribution in [0.2, 0.25) is 0 Å². The maximum Gasteiger partial charge on any atom is 0.331 e. The Morgan fingerprint density at radius 1 is 1.33 bits per heavy atom. The summed E-state index contributed by atoms with van der Waals surface area (Å²) in [5.41, 5.74) is 0.620. The molecule has 0 unspecified atom stereocenters. The zero-order chi connectivity index (χ0) is 8.97. The van der Waals surface area contributed by atoms with Crippen molar-refractivity contribution in [2.45, 2.75) is 39.0 Å². The molecular weight excluding hydrogens is 152 g/mol. The van der Waals surface area contributed by atoms with Crippen LogP contribution in [0, 0.1) is 5.92 Å². The van der Waals surface area contributed by atoms with E-state index in [2.05, 4.69) is 0 Å². The SMILES string of the molecule is C/C=C(\C(=O)O)C1CCCCC1. The predicted molar refractivity (Wildman–Crippen MR) is 48.0 cm³/mol. The number of aliphatic carboxylic acids is 1. The molecule has 2 nitrogen and oxygen atoms in total. The van der Waals surface area contributed by atoms with Crippen LogP contribution in [0.25, 0.3) is 0 Å². The van der Waals surface area contributed by atoms with Gasteiger partial charge in [-0.25, -0.2) is 4.79 Å². The molecular formula is C10H16O2. The fourth-order valence-electron chi connectivity index (χ4n) is 1.95. The van der Waals surface area contributed by atoms with Gasteiger partial charge in [-0.1, -0.05) is 25.3 Å². The summed E-state index contributed by atoms with van der Waals surface area (Å²) in [5, 5.41) is 8.86. The summed E-state index contributed by atoms with van der Waals surface area (Å²) in [7, 11) is 0. The number of hydrogen-bond acceptors (Lipinski definition) is 1. The zero-order valence-corrected chi connectivity index (χ0v) is 7.55. The van der Waals surface area contributed by atoms with Crippen LogP contribution >= 0.6 is 0 Å². The Balaban J connectivity index is 2.59. The molecule has 0 amide bonds. The average Bonchev–Trinajstić information content (AvgIpc) is 2.07. The van der Waals surface area contributed by atoms with Crippen molar-refractivity contribution >= 4 is 5.97 Å². The molecule has 0 spiro atoms. The van der Waals surface area contributed by atoms with Gasteiger partial charge in [0.2, 0.25) is 0 Å². The molecule has 1 N–H and O–H groups in total. The molecule has 0 radical (unpaired) electrons. The molecule has 1 saturated carbocycles. The Morgan fingerprint density at radius 2 is 1.92 bits per heavy atom. The minimum atomic E-state index is -0.732. The topological polar surface area (TPSA) is 37.3 Å². The van der Waals surface area contributed by atoms with Gasteiger partial charge in [0.25, 0.3) is 0 Å². The van der Waals surface area contributed by atoms with Crippen LogP contribution in [0.3, 0.4) is 0 Å². The van der Waals surface area contributed by atoms with Gasteiger partial charge in [-0.05, 0) is 25.7 Å². The zero-order valence-electron chi connectivity index (χ0n) is 7.55. The van der Waals surface area contributed by atoms with Gasteiger partial charge in [0, 0.05) is 5.57 Å². The van der Waals surface area contributed by atoms with Crippen molar-refractivity contribution in [1.82, 2.24) is 0 Å². The van der Waals surface area contributed by atoms with Gasteiger partial charge >= 0.3 is 5.97 Å². The first-order valence-electron chi connectivity index (χ1n) is 4.65. The third-order valence-corrected chi connectivity index (χ3v) is 2.60. The van der Waals surface area contributed by atoms with Crippen molar-refractivity contribution in [1.29, 1.82) is 0 Å². The molecule has 0 heterocycles. The lowest BCUT2D eigenvalue weighted by Gasteiger charge is -2.21. The van der Waals surface area contributed by atoms with Gasteiger partial charge in [-0.15, -0.1) is 0 Å². The van der Waals surface area contributed by atoms with Crippen molar-refractivity contribution in [3.05, 3.63) is 11.6 Å². The molecule has 12 heavy (non-hydrogen) atoms. The molecule has 0 atom stereocenters. The predicted octanol–water partition coefficient (Wildman–Crippen LogP) is 2.60. The summed E-state index contributed by atoms with van der Waals surface area (Å²) in [4.78, 5) is 10.8. The van der Waals surface area contributed by atoms with E-state index < -0.39 is 5.97 Å². The van der Waals surface area contributed by atoms with Crippen LogP contribution in [-0.4, -0.2) is 11.1 Å². The Morgan fingerprint density at radius 3 is 2.33 bits per heavy atom. The molecule has 0 aromatic rings. The lowest BCUT2D eigenvalue weighted by Crippen LogP contribution is -2.15. The monoisotopic (exact) mass is 168 g/mol. The highest BCUT2D eigenvalue weighted by molar-refractivity contribution is 5.87. The smallest absolute Gasteiger partial charge is 0.331 e. The molecule has 0 saturated heterocycles. The van der Waals surface area contributed by atoms with E-state index in [9.17, 15) is 4.79 Å². The summed E-state index contributed by atoms with van der Waals surface area (Å²) in [5.74, 6) is -0.411. The molecule has 2 heteroatoms. The second-order valence-electron chi connectivity index (χ2n) is 3.38. The van der Waals surface area contributed by atoms with Gasteiger partial charge in [-0.3, -0.25) is 0 Å². The van der Waals surface area contributed by atoms with Gasteiger partial charge in [-0.2, -0.15) is 0 Å². The third-order valence-electron chi connectivity index (χ3n) is 2.60. The fourth-order valence-corrected chi connectivity index (χ4v) is 1.95. The highest BCUT2D eigenvalue weighted by Crippen LogP contribution is 2.29. The van der Waals surface area contributed by atoms with Crippen molar-refractivity contribution in [2.75, 3.05) is 0 Å².